The molecule has 0 aromatic heterocycles. The average Bonchev–Trinajstić information content (AvgIpc) is 2.54. The number of imide groups is 1. The van der Waals surface area contributed by atoms with Gasteiger partial charge >= 0.3 is 5.97 Å². The van der Waals surface area contributed by atoms with Crippen LogP contribution in [0.2, 0.25) is 0 Å². The van der Waals surface area contributed by atoms with Crippen molar-refractivity contribution in [1.82, 2.24) is 5.32 Å². The molecule has 23 heavy (non-hydrogen) atoms. The molecule has 0 fully saturated rings. The van der Waals surface area contributed by atoms with Crippen LogP contribution in [0.4, 0.5) is 0 Å². The molecule has 5 nitrogen and oxygen atoms in total. The summed E-state index contributed by atoms with van der Waals surface area (Å²) in [5, 5.41) is 2.03. The molecule has 0 saturated heterocycles. The fourth-order valence-electron chi connectivity index (χ4n) is 2.04. The molecule has 0 unspecified atom stereocenters. The van der Waals surface area contributed by atoms with E-state index in [-0.39, 0.29) is 6.42 Å². The highest BCUT2D eigenvalue weighted by molar-refractivity contribution is 5.95. The van der Waals surface area contributed by atoms with Crippen molar-refractivity contribution in [1.29, 1.82) is 0 Å². The Balaban J connectivity index is 1.87. The highest BCUT2D eigenvalue weighted by atomic mass is 16.5. The van der Waals surface area contributed by atoms with Gasteiger partial charge in [-0.2, -0.15) is 0 Å². The van der Waals surface area contributed by atoms with Crippen molar-refractivity contribution in [2.75, 3.05) is 6.61 Å². The van der Waals surface area contributed by atoms with Crippen LogP contribution >= 0.6 is 0 Å². The summed E-state index contributed by atoms with van der Waals surface area (Å²) < 4.78 is 4.82. The highest BCUT2D eigenvalue weighted by Gasteiger charge is 2.09. The van der Waals surface area contributed by atoms with Gasteiger partial charge in [0.2, 0.25) is 5.91 Å². The second-order valence-electron chi connectivity index (χ2n) is 5.00. The number of carbonyl (C=O) groups is 3. The van der Waals surface area contributed by atoms with Crippen molar-refractivity contribution in [3.8, 4) is 11.1 Å². The summed E-state index contributed by atoms with van der Waals surface area (Å²) in [6.07, 6.45) is 0.0718. The van der Waals surface area contributed by atoms with E-state index in [0.29, 0.717) is 0 Å². The minimum Gasteiger partial charge on any atom is -0.455 e. The van der Waals surface area contributed by atoms with Crippen molar-refractivity contribution in [2.24, 2.45) is 0 Å². The van der Waals surface area contributed by atoms with Gasteiger partial charge < -0.3 is 4.74 Å². The lowest BCUT2D eigenvalue weighted by Gasteiger charge is -2.06. The van der Waals surface area contributed by atoms with Crippen molar-refractivity contribution in [3.63, 3.8) is 0 Å². The number of nitrogens with one attached hydrogen (secondary N) is 1. The highest BCUT2D eigenvalue weighted by Crippen LogP contribution is 2.19. The molecular weight excluding hydrogens is 294 g/mol. The maximum absolute atomic E-state index is 11.7. The first kappa shape index (κ1) is 16.4. The topological polar surface area (TPSA) is 72.5 Å². The molecule has 2 amide bonds. The maximum atomic E-state index is 11.7. The number of hydrogen-bond acceptors (Lipinski definition) is 4. The Morgan fingerprint density at radius 3 is 2.13 bits per heavy atom. The standard InChI is InChI=1S/C18H17NO4/c1-13(20)19-17(21)12-23-18(22)11-14-7-9-16(10-8-14)15-5-3-2-4-6-15/h2-10H,11-12H2,1H3,(H,19,20,21). The van der Waals surface area contributed by atoms with Crippen molar-refractivity contribution in [2.45, 2.75) is 13.3 Å². The van der Waals surface area contributed by atoms with Crippen LogP contribution in [-0.2, 0) is 25.5 Å². The number of hydrogen-bond donors (Lipinski definition) is 1. The fourth-order valence-corrected chi connectivity index (χ4v) is 2.04. The minimum absolute atomic E-state index is 0.0718. The number of amides is 2. The predicted molar refractivity (Wildman–Crippen MR) is 85.4 cm³/mol. The Labute approximate surface area is 134 Å². The molecular formula is C18H17NO4. The van der Waals surface area contributed by atoms with Crippen LogP contribution in [-0.4, -0.2) is 24.4 Å². The Hall–Kier alpha value is -2.95. The van der Waals surface area contributed by atoms with Gasteiger partial charge in [-0.15, -0.1) is 0 Å². The predicted octanol–water partition coefficient (Wildman–Crippen LogP) is 2.10. The van der Waals surface area contributed by atoms with E-state index in [0.717, 1.165) is 16.7 Å². The number of rotatable bonds is 5. The lowest BCUT2D eigenvalue weighted by Crippen LogP contribution is -2.32. The lowest BCUT2D eigenvalue weighted by atomic mass is 10.0. The van der Waals surface area contributed by atoms with Gasteiger partial charge in [-0.05, 0) is 16.7 Å². The van der Waals surface area contributed by atoms with Gasteiger partial charge in [0.25, 0.3) is 5.91 Å². The molecule has 118 valence electrons. The third-order valence-electron chi connectivity index (χ3n) is 3.09. The molecule has 0 heterocycles. The van der Waals surface area contributed by atoms with Crippen molar-refractivity contribution in [3.05, 3.63) is 60.2 Å². The minimum atomic E-state index is -0.634. The summed E-state index contributed by atoms with van der Waals surface area (Å²) in [5.74, 6) is -1.64. The largest absolute Gasteiger partial charge is 0.455 e. The van der Waals surface area contributed by atoms with Gasteiger partial charge in [-0.1, -0.05) is 54.6 Å². The smallest absolute Gasteiger partial charge is 0.310 e. The number of benzene rings is 2. The molecule has 0 saturated carbocycles. The maximum Gasteiger partial charge on any atom is 0.310 e. The Morgan fingerprint density at radius 1 is 0.913 bits per heavy atom. The molecule has 1 N–H and O–H groups in total. The zero-order valence-corrected chi connectivity index (χ0v) is 12.7. The van der Waals surface area contributed by atoms with Crippen LogP contribution in [0.1, 0.15) is 12.5 Å². The van der Waals surface area contributed by atoms with Gasteiger partial charge in [0.1, 0.15) is 0 Å². The molecule has 0 aliphatic rings. The summed E-state index contributed by atoms with van der Waals surface area (Å²) in [4.78, 5) is 33.5. The molecule has 0 aliphatic carbocycles. The third-order valence-corrected chi connectivity index (χ3v) is 3.09. The molecule has 0 aliphatic heterocycles. The van der Waals surface area contributed by atoms with Gasteiger partial charge in [0.05, 0.1) is 6.42 Å². The molecule has 5 heteroatoms. The van der Waals surface area contributed by atoms with E-state index >= 15 is 0 Å². The van der Waals surface area contributed by atoms with Crippen molar-refractivity contribution < 1.29 is 19.1 Å². The second-order valence-corrected chi connectivity index (χ2v) is 5.00. The zero-order chi connectivity index (χ0) is 16.7. The number of carbonyl (C=O) groups excluding carboxylic acids is 3. The number of esters is 1. The first-order valence-electron chi connectivity index (χ1n) is 7.15. The van der Waals surface area contributed by atoms with Gasteiger partial charge in [0, 0.05) is 6.92 Å². The quantitative estimate of drug-likeness (QED) is 0.858. The summed E-state index contributed by atoms with van der Waals surface area (Å²) in [5.41, 5.74) is 2.95. The Bertz CT molecular complexity index is 693. The van der Waals surface area contributed by atoms with E-state index in [9.17, 15) is 14.4 Å². The first-order chi connectivity index (χ1) is 11.0. The van der Waals surface area contributed by atoms with Gasteiger partial charge in [-0.25, -0.2) is 0 Å². The monoisotopic (exact) mass is 311 g/mol. The van der Waals surface area contributed by atoms with Gasteiger partial charge in [0.15, 0.2) is 6.61 Å². The SMILES string of the molecule is CC(=O)NC(=O)COC(=O)Cc1ccc(-c2ccccc2)cc1. The van der Waals surface area contributed by atoms with Crippen LogP contribution in [0, 0.1) is 0 Å². The summed E-state index contributed by atoms with van der Waals surface area (Å²) in [6.45, 7) is 0.758. The summed E-state index contributed by atoms with van der Waals surface area (Å²) >= 11 is 0. The van der Waals surface area contributed by atoms with E-state index in [1.165, 1.54) is 6.92 Å². The first-order valence-corrected chi connectivity index (χ1v) is 7.15. The second kappa shape index (κ2) is 7.89. The Kier molecular flexibility index (Phi) is 5.63. The van der Waals surface area contributed by atoms with E-state index in [4.69, 9.17) is 4.74 Å². The van der Waals surface area contributed by atoms with Crippen LogP contribution in [0.15, 0.2) is 54.6 Å². The third kappa shape index (κ3) is 5.39. The van der Waals surface area contributed by atoms with E-state index in [2.05, 4.69) is 0 Å². The average molecular weight is 311 g/mol. The summed E-state index contributed by atoms with van der Waals surface area (Å²) in [6, 6.07) is 17.5. The number of ether oxygens (including phenoxy) is 1. The van der Waals surface area contributed by atoms with Crippen molar-refractivity contribution >= 4 is 17.8 Å². The van der Waals surface area contributed by atoms with E-state index in [1.54, 1.807) is 0 Å². The molecule has 0 spiro atoms. The molecule has 2 aromatic carbocycles. The fraction of sp³-hybridized carbons (Fsp3) is 0.167. The summed E-state index contributed by atoms with van der Waals surface area (Å²) in [7, 11) is 0. The molecule has 0 atom stereocenters. The zero-order valence-electron chi connectivity index (χ0n) is 12.7. The van der Waals surface area contributed by atoms with Gasteiger partial charge in [-0.3, -0.25) is 19.7 Å². The Morgan fingerprint density at radius 2 is 1.52 bits per heavy atom. The van der Waals surface area contributed by atoms with Crippen LogP contribution in [0.25, 0.3) is 11.1 Å². The molecule has 2 aromatic rings. The van der Waals surface area contributed by atoms with Crippen LogP contribution < -0.4 is 5.32 Å². The normalized spacial score (nSPS) is 9.96. The lowest BCUT2D eigenvalue weighted by molar-refractivity contribution is -0.148. The van der Waals surface area contributed by atoms with E-state index < -0.39 is 24.4 Å². The molecule has 0 bridgehead atoms. The van der Waals surface area contributed by atoms with Crippen LogP contribution in [0.3, 0.4) is 0 Å². The molecule has 2 rings (SSSR count). The van der Waals surface area contributed by atoms with E-state index in [1.807, 2.05) is 59.9 Å². The molecule has 0 radical (unpaired) electrons. The van der Waals surface area contributed by atoms with Crippen LogP contribution in [0.5, 0.6) is 0 Å².